The fourth-order valence-electron chi connectivity index (χ4n) is 1.50. The van der Waals surface area contributed by atoms with E-state index in [9.17, 15) is 0 Å². The van der Waals surface area contributed by atoms with Crippen molar-refractivity contribution in [2.24, 2.45) is 0 Å². The van der Waals surface area contributed by atoms with Crippen LogP contribution in [-0.2, 0) is 5.75 Å². The Labute approximate surface area is 112 Å². The van der Waals surface area contributed by atoms with Crippen molar-refractivity contribution in [1.29, 1.82) is 0 Å². The molecule has 0 spiro atoms. The first-order valence-electron chi connectivity index (χ1n) is 5.75. The van der Waals surface area contributed by atoms with Crippen LogP contribution in [0.3, 0.4) is 0 Å². The van der Waals surface area contributed by atoms with Crippen LogP contribution in [0.1, 0.15) is 5.56 Å². The van der Waals surface area contributed by atoms with Crippen LogP contribution in [0.25, 0.3) is 0 Å². The third-order valence-corrected chi connectivity index (χ3v) is 4.65. The summed E-state index contributed by atoms with van der Waals surface area (Å²) in [4.78, 5) is 1.37. The average Bonchev–Trinajstić information content (AvgIpc) is 2.41. The quantitative estimate of drug-likeness (QED) is 0.545. The summed E-state index contributed by atoms with van der Waals surface area (Å²) >= 11 is 3.94. The van der Waals surface area contributed by atoms with Crippen molar-refractivity contribution in [1.82, 2.24) is 0 Å². The Kier molecular flexibility index (Phi) is 5.53. The van der Waals surface area contributed by atoms with Crippen molar-refractivity contribution in [3.63, 3.8) is 0 Å². The van der Waals surface area contributed by atoms with Gasteiger partial charge in [-0.1, -0.05) is 48.5 Å². The summed E-state index contributed by atoms with van der Waals surface area (Å²) < 4.78 is 0. The van der Waals surface area contributed by atoms with Crippen molar-refractivity contribution < 1.29 is 0 Å². The van der Waals surface area contributed by atoms with Crippen LogP contribution in [0.2, 0.25) is 0 Å². The SMILES string of the molecule is c1ccc(CSCCSc2ccccc2)cc1. The number of benzene rings is 2. The largest absolute Gasteiger partial charge is 0.156 e. The molecule has 2 rings (SSSR count). The third kappa shape index (κ3) is 4.88. The van der Waals surface area contributed by atoms with Gasteiger partial charge >= 0.3 is 0 Å². The van der Waals surface area contributed by atoms with Crippen molar-refractivity contribution >= 4 is 23.5 Å². The van der Waals surface area contributed by atoms with E-state index in [0.29, 0.717) is 0 Å². The maximum atomic E-state index is 2.19. The minimum Gasteiger partial charge on any atom is -0.156 e. The lowest BCUT2D eigenvalue weighted by molar-refractivity contribution is 1.39. The molecule has 0 nitrogen and oxygen atoms in total. The number of hydrogen-bond donors (Lipinski definition) is 0. The average molecular weight is 260 g/mol. The fraction of sp³-hybridized carbons (Fsp3) is 0.200. The lowest BCUT2D eigenvalue weighted by Gasteiger charge is -2.02. The topological polar surface area (TPSA) is 0 Å². The van der Waals surface area contributed by atoms with E-state index < -0.39 is 0 Å². The maximum Gasteiger partial charge on any atom is 0.0184 e. The summed E-state index contributed by atoms with van der Waals surface area (Å²) in [7, 11) is 0. The zero-order chi connectivity index (χ0) is 11.8. The van der Waals surface area contributed by atoms with Crippen LogP contribution in [0, 0.1) is 0 Å². The molecule has 0 radical (unpaired) electrons. The van der Waals surface area contributed by atoms with E-state index >= 15 is 0 Å². The zero-order valence-corrected chi connectivity index (χ0v) is 11.3. The van der Waals surface area contributed by atoms with E-state index in [2.05, 4.69) is 60.7 Å². The van der Waals surface area contributed by atoms with E-state index in [0.717, 1.165) is 5.75 Å². The standard InChI is InChI=1S/C15H16S2/c1-3-7-14(8-4-1)13-16-11-12-17-15-9-5-2-6-10-15/h1-10H,11-13H2. The number of rotatable bonds is 6. The van der Waals surface area contributed by atoms with Gasteiger partial charge in [0.15, 0.2) is 0 Å². The molecule has 2 aromatic rings. The molecule has 0 aromatic heterocycles. The van der Waals surface area contributed by atoms with E-state index in [1.54, 1.807) is 0 Å². The molecule has 0 amide bonds. The van der Waals surface area contributed by atoms with Gasteiger partial charge in [-0.3, -0.25) is 0 Å². The van der Waals surface area contributed by atoms with E-state index in [1.165, 1.54) is 22.0 Å². The van der Waals surface area contributed by atoms with Crippen molar-refractivity contribution in [2.45, 2.75) is 10.6 Å². The molecule has 0 unspecified atom stereocenters. The molecule has 2 heteroatoms. The molecule has 0 saturated heterocycles. The number of thioether (sulfide) groups is 2. The zero-order valence-electron chi connectivity index (χ0n) is 9.71. The summed E-state index contributed by atoms with van der Waals surface area (Å²) in [6.45, 7) is 0. The lowest BCUT2D eigenvalue weighted by Crippen LogP contribution is -1.86. The second kappa shape index (κ2) is 7.46. The van der Waals surface area contributed by atoms with Gasteiger partial charge in [-0.15, -0.1) is 11.8 Å². The molecular formula is C15H16S2. The summed E-state index contributed by atoms with van der Waals surface area (Å²) in [5.74, 6) is 3.51. The maximum absolute atomic E-state index is 2.19. The molecule has 2 aromatic carbocycles. The first kappa shape index (κ1) is 12.6. The molecule has 88 valence electrons. The fourth-order valence-corrected chi connectivity index (χ4v) is 3.46. The Morgan fingerprint density at radius 1 is 0.706 bits per heavy atom. The lowest BCUT2D eigenvalue weighted by atomic mass is 10.2. The second-order valence-electron chi connectivity index (χ2n) is 3.70. The molecule has 0 aliphatic carbocycles. The van der Waals surface area contributed by atoms with Crippen LogP contribution in [0.15, 0.2) is 65.6 Å². The summed E-state index contributed by atoms with van der Waals surface area (Å²) in [6, 6.07) is 21.3. The van der Waals surface area contributed by atoms with Gasteiger partial charge in [-0.25, -0.2) is 0 Å². The highest BCUT2D eigenvalue weighted by Gasteiger charge is 1.94. The van der Waals surface area contributed by atoms with E-state index in [1.807, 2.05) is 23.5 Å². The Morgan fingerprint density at radius 3 is 2.06 bits per heavy atom. The van der Waals surface area contributed by atoms with Crippen LogP contribution in [0.4, 0.5) is 0 Å². The molecule has 0 saturated carbocycles. The van der Waals surface area contributed by atoms with E-state index in [4.69, 9.17) is 0 Å². The van der Waals surface area contributed by atoms with Gasteiger partial charge in [0.2, 0.25) is 0 Å². The third-order valence-electron chi connectivity index (χ3n) is 2.35. The van der Waals surface area contributed by atoms with Gasteiger partial charge in [-0.05, 0) is 17.7 Å². The van der Waals surface area contributed by atoms with Gasteiger partial charge < -0.3 is 0 Å². The highest BCUT2D eigenvalue weighted by Crippen LogP contribution is 2.19. The molecule has 0 atom stereocenters. The smallest absolute Gasteiger partial charge is 0.0184 e. The van der Waals surface area contributed by atoms with Crippen LogP contribution in [0.5, 0.6) is 0 Å². The first-order chi connectivity index (χ1) is 8.45. The van der Waals surface area contributed by atoms with Gasteiger partial charge in [0.05, 0.1) is 0 Å². The van der Waals surface area contributed by atoms with Crippen LogP contribution in [-0.4, -0.2) is 11.5 Å². The number of hydrogen-bond acceptors (Lipinski definition) is 2. The Bertz CT molecular complexity index is 370. The second-order valence-corrected chi connectivity index (χ2v) is 5.97. The molecule has 0 heterocycles. The van der Waals surface area contributed by atoms with Crippen molar-refractivity contribution in [3.8, 4) is 0 Å². The van der Waals surface area contributed by atoms with Gasteiger partial charge in [0.25, 0.3) is 0 Å². The van der Waals surface area contributed by atoms with Crippen LogP contribution < -0.4 is 0 Å². The minimum atomic E-state index is 1.12. The van der Waals surface area contributed by atoms with E-state index in [-0.39, 0.29) is 0 Å². The molecule has 17 heavy (non-hydrogen) atoms. The Hall–Kier alpha value is -0.860. The Morgan fingerprint density at radius 2 is 1.35 bits per heavy atom. The minimum absolute atomic E-state index is 1.12. The molecule has 0 bridgehead atoms. The monoisotopic (exact) mass is 260 g/mol. The molecule has 0 N–H and O–H groups in total. The van der Waals surface area contributed by atoms with Crippen LogP contribution >= 0.6 is 23.5 Å². The molecule has 0 aliphatic heterocycles. The highest BCUT2D eigenvalue weighted by atomic mass is 32.2. The predicted octanol–water partition coefficient (Wildman–Crippen LogP) is 4.71. The van der Waals surface area contributed by atoms with Gasteiger partial charge in [-0.2, -0.15) is 11.8 Å². The molecular weight excluding hydrogens is 244 g/mol. The highest BCUT2D eigenvalue weighted by molar-refractivity contribution is 8.02. The molecule has 0 aliphatic rings. The normalized spacial score (nSPS) is 10.4. The summed E-state index contributed by atoms with van der Waals surface area (Å²) in [5, 5.41) is 0. The van der Waals surface area contributed by atoms with Gasteiger partial charge in [0, 0.05) is 22.2 Å². The van der Waals surface area contributed by atoms with Crippen molar-refractivity contribution in [2.75, 3.05) is 11.5 Å². The Balaban J connectivity index is 1.61. The van der Waals surface area contributed by atoms with Gasteiger partial charge in [0.1, 0.15) is 0 Å². The van der Waals surface area contributed by atoms with Crippen molar-refractivity contribution in [3.05, 3.63) is 66.2 Å². The first-order valence-corrected chi connectivity index (χ1v) is 7.89. The summed E-state index contributed by atoms with van der Waals surface area (Å²) in [6.07, 6.45) is 0. The summed E-state index contributed by atoms with van der Waals surface area (Å²) in [5.41, 5.74) is 1.42. The molecule has 0 fully saturated rings. The predicted molar refractivity (Wildman–Crippen MR) is 79.8 cm³/mol.